The minimum atomic E-state index is -0.442. The predicted octanol–water partition coefficient (Wildman–Crippen LogP) is 3.82. The van der Waals surface area contributed by atoms with Gasteiger partial charge in [0.2, 0.25) is 11.9 Å². The van der Waals surface area contributed by atoms with Gasteiger partial charge in [0.15, 0.2) is 6.29 Å². The van der Waals surface area contributed by atoms with Crippen LogP contribution in [0.5, 0.6) is 0 Å². The highest BCUT2D eigenvalue weighted by molar-refractivity contribution is 5.83. The minimum absolute atomic E-state index is 0.0466. The van der Waals surface area contributed by atoms with E-state index in [0.717, 1.165) is 40.6 Å². The Balaban J connectivity index is 1.61. The quantitative estimate of drug-likeness (QED) is 0.618. The molecule has 1 aliphatic heterocycles. The first-order valence-corrected chi connectivity index (χ1v) is 10.2. The van der Waals surface area contributed by atoms with Crippen molar-refractivity contribution in [2.45, 2.75) is 45.9 Å². The largest absolute Gasteiger partial charge is 0.323 e. The molecule has 1 saturated heterocycles. The average molecular weight is 390 g/mol. The summed E-state index contributed by atoms with van der Waals surface area (Å²) in [5.41, 5.74) is 4.06. The Morgan fingerprint density at radius 1 is 1.07 bits per heavy atom. The lowest BCUT2D eigenvalue weighted by Gasteiger charge is -2.38. The number of anilines is 1. The van der Waals surface area contributed by atoms with Crippen molar-refractivity contribution >= 4 is 22.8 Å². The third-order valence-corrected chi connectivity index (χ3v) is 5.45. The van der Waals surface area contributed by atoms with E-state index in [4.69, 9.17) is 0 Å². The molecule has 0 radical (unpaired) electrons. The van der Waals surface area contributed by atoms with Gasteiger partial charge in [0.1, 0.15) is 0 Å². The van der Waals surface area contributed by atoms with E-state index >= 15 is 0 Å². The number of fused-ring (bicyclic) bond motifs is 1. The van der Waals surface area contributed by atoms with Gasteiger partial charge in [0.05, 0.1) is 17.1 Å². The molecule has 29 heavy (non-hydrogen) atoms. The fourth-order valence-corrected chi connectivity index (χ4v) is 4.01. The van der Waals surface area contributed by atoms with Gasteiger partial charge in [-0.05, 0) is 37.5 Å². The molecule has 1 aliphatic rings. The van der Waals surface area contributed by atoms with Crippen molar-refractivity contribution in [1.82, 2.24) is 20.6 Å². The van der Waals surface area contributed by atoms with E-state index in [-0.39, 0.29) is 17.9 Å². The third kappa shape index (κ3) is 4.07. The van der Waals surface area contributed by atoms with Crippen LogP contribution in [0.15, 0.2) is 48.5 Å². The van der Waals surface area contributed by atoms with Crippen molar-refractivity contribution in [1.29, 1.82) is 0 Å². The van der Waals surface area contributed by atoms with Crippen molar-refractivity contribution in [2.75, 3.05) is 5.32 Å². The second kappa shape index (κ2) is 8.17. The number of carbonyl (C=O) groups excluding carboxylic acids is 1. The van der Waals surface area contributed by atoms with Crippen molar-refractivity contribution < 1.29 is 4.79 Å². The van der Waals surface area contributed by atoms with Crippen LogP contribution in [0.4, 0.5) is 5.95 Å². The Kier molecular flexibility index (Phi) is 5.45. The van der Waals surface area contributed by atoms with Gasteiger partial charge in [-0.3, -0.25) is 10.1 Å². The Morgan fingerprint density at radius 3 is 2.62 bits per heavy atom. The molecule has 150 valence electrons. The normalized spacial score (nSPS) is 21.8. The first-order valence-electron chi connectivity index (χ1n) is 10.2. The van der Waals surface area contributed by atoms with Crippen LogP contribution in [0.25, 0.3) is 10.9 Å². The molecule has 1 amide bonds. The second-order valence-electron chi connectivity index (χ2n) is 7.69. The SMILES string of the molecule is CCCC1C(=O)NC(Nc2nc(C)c3ccc(C)cc3n2)NC1c1ccccc1. The van der Waals surface area contributed by atoms with Crippen LogP contribution in [-0.4, -0.2) is 22.2 Å². The number of hydrogen-bond donors (Lipinski definition) is 3. The van der Waals surface area contributed by atoms with E-state index in [1.165, 1.54) is 0 Å². The number of hydrogen-bond acceptors (Lipinski definition) is 5. The minimum Gasteiger partial charge on any atom is -0.323 e. The topological polar surface area (TPSA) is 78.9 Å². The van der Waals surface area contributed by atoms with Gasteiger partial charge in [0, 0.05) is 11.4 Å². The van der Waals surface area contributed by atoms with Crippen LogP contribution in [0.3, 0.4) is 0 Å². The fourth-order valence-electron chi connectivity index (χ4n) is 4.01. The Labute approximate surface area is 171 Å². The van der Waals surface area contributed by atoms with E-state index in [0.29, 0.717) is 5.95 Å². The number of amides is 1. The Morgan fingerprint density at radius 2 is 1.86 bits per heavy atom. The second-order valence-corrected chi connectivity index (χ2v) is 7.69. The number of aryl methyl sites for hydroxylation is 2. The average Bonchev–Trinajstić information content (AvgIpc) is 2.70. The van der Waals surface area contributed by atoms with Crippen molar-refractivity contribution in [3.8, 4) is 0 Å². The lowest BCUT2D eigenvalue weighted by atomic mass is 9.87. The van der Waals surface area contributed by atoms with Gasteiger partial charge < -0.3 is 10.6 Å². The van der Waals surface area contributed by atoms with E-state index in [2.05, 4.69) is 51.0 Å². The van der Waals surface area contributed by atoms with Crippen LogP contribution < -0.4 is 16.0 Å². The molecule has 0 aliphatic carbocycles. The number of nitrogens with one attached hydrogen (secondary N) is 3. The first kappa shape index (κ1) is 19.3. The smallest absolute Gasteiger partial charge is 0.227 e. The van der Waals surface area contributed by atoms with Gasteiger partial charge in [-0.1, -0.05) is 55.8 Å². The summed E-state index contributed by atoms with van der Waals surface area (Å²) in [5, 5.41) is 10.9. The molecule has 1 aromatic heterocycles. The summed E-state index contributed by atoms with van der Waals surface area (Å²) in [7, 11) is 0. The summed E-state index contributed by atoms with van der Waals surface area (Å²) < 4.78 is 0. The van der Waals surface area contributed by atoms with Crippen LogP contribution in [0.2, 0.25) is 0 Å². The van der Waals surface area contributed by atoms with Crippen molar-refractivity contribution in [3.05, 3.63) is 65.4 Å². The van der Waals surface area contributed by atoms with Crippen molar-refractivity contribution in [3.63, 3.8) is 0 Å². The maximum absolute atomic E-state index is 12.9. The van der Waals surface area contributed by atoms with Gasteiger partial charge in [-0.2, -0.15) is 0 Å². The Bertz CT molecular complexity index is 1020. The summed E-state index contributed by atoms with van der Waals surface area (Å²) >= 11 is 0. The molecule has 1 fully saturated rings. The summed E-state index contributed by atoms with van der Waals surface area (Å²) in [6.45, 7) is 6.13. The first-order chi connectivity index (χ1) is 14.0. The molecule has 6 heteroatoms. The number of nitrogens with zero attached hydrogens (tertiary/aromatic N) is 2. The molecular weight excluding hydrogens is 362 g/mol. The highest BCUT2D eigenvalue weighted by Gasteiger charge is 2.36. The predicted molar refractivity (Wildman–Crippen MR) is 115 cm³/mol. The van der Waals surface area contributed by atoms with Crippen LogP contribution in [0.1, 0.15) is 42.6 Å². The lowest BCUT2D eigenvalue weighted by molar-refractivity contribution is -0.129. The zero-order valence-corrected chi connectivity index (χ0v) is 17.1. The molecule has 2 aromatic carbocycles. The zero-order chi connectivity index (χ0) is 20.4. The maximum atomic E-state index is 12.9. The van der Waals surface area contributed by atoms with E-state index < -0.39 is 6.29 Å². The molecule has 3 atom stereocenters. The summed E-state index contributed by atoms with van der Waals surface area (Å²) in [4.78, 5) is 22.1. The summed E-state index contributed by atoms with van der Waals surface area (Å²) in [5.74, 6) is 0.437. The fraction of sp³-hybridized carbons (Fsp3) is 0.348. The number of benzene rings is 2. The van der Waals surface area contributed by atoms with Crippen LogP contribution in [-0.2, 0) is 4.79 Å². The van der Waals surface area contributed by atoms with Gasteiger partial charge in [-0.15, -0.1) is 0 Å². The third-order valence-electron chi connectivity index (χ3n) is 5.45. The Hall–Kier alpha value is -2.99. The molecule has 3 N–H and O–H groups in total. The zero-order valence-electron chi connectivity index (χ0n) is 17.1. The van der Waals surface area contributed by atoms with Gasteiger partial charge in [-0.25, -0.2) is 9.97 Å². The lowest BCUT2D eigenvalue weighted by Crippen LogP contribution is -2.60. The standard InChI is InChI=1S/C23H27N5O/c1-4-8-18-20(16-9-6-5-7-10-16)26-23(27-21(18)29)28-22-24-15(3)17-12-11-14(2)13-19(17)25-22/h5-7,9-13,18,20,23,26H,4,8H2,1-3H3,(H,27,29)(H,24,25,28). The molecular formula is C23H27N5O. The molecule has 6 nitrogen and oxygen atoms in total. The molecule has 3 aromatic rings. The van der Waals surface area contributed by atoms with E-state index in [9.17, 15) is 4.79 Å². The maximum Gasteiger partial charge on any atom is 0.227 e. The molecule has 0 bridgehead atoms. The van der Waals surface area contributed by atoms with E-state index in [1.54, 1.807) is 0 Å². The van der Waals surface area contributed by atoms with Gasteiger partial charge in [0.25, 0.3) is 0 Å². The summed E-state index contributed by atoms with van der Waals surface area (Å²) in [6, 6.07) is 16.2. The monoisotopic (exact) mass is 389 g/mol. The highest BCUT2D eigenvalue weighted by Crippen LogP contribution is 2.29. The molecule has 2 heterocycles. The van der Waals surface area contributed by atoms with Crippen molar-refractivity contribution in [2.24, 2.45) is 5.92 Å². The molecule has 3 unspecified atom stereocenters. The summed E-state index contributed by atoms with van der Waals surface area (Å²) in [6.07, 6.45) is 1.34. The molecule has 0 saturated carbocycles. The van der Waals surface area contributed by atoms with Crippen LogP contribution >= 0.6 is 0 Å². The number of rotatable bonds is 5. The van der Waals surface area contributed by atoms with Crippen LogP contribution in [0, 0.1) is 19.8 Å². The highest BCUT2D eigenvalue weighted by atomic mass is 16.2. The number of aromatic nitrogens is 2. The number of carbonyl (C=O) groups is 1. The molecule has 0 spiro atoms. The molecule has 4 rings (SSSR count). The van der Waals surface area contributed by atoms with E-state index in [1.807, 2.05) is 44.2 Å². The van der Waals surface area contributed by atoms with Gasteiger partial charge >= 0.3 is 0 Å².